The summed E-state index contributed by atoms with van der Waals surface area (Å²) >= 11 is 3.64. The Kier molecular flexibility index (Phi) is 3.85. The zero-order valence-corrected chi connectivity index (χ0v) is 11.0. The number of rotatable bonds is 4. The summed E-state index contributed by atoms with van der Waals surface area (Å²) in [4.78, 5) is 0.198. The molecule has 0 amide bonds. The minimum absolute atomic E-state index is 0.198. The lowest BCUT2D eigenvalue weighted by Gasteiger charge is -2.28. The van der Waals surface area contributed by atoms with Crippen LogP contribution in [0.25, 0.3) is 0 Å². The van der Waals surface area contributed by atoms with Crippen LogP contribution in [0.3, 0.4) is 0 Å². The molecule has 1 nitrogen and oxygen atoms in total. The summed E-state index contributed by atoms with van der Waals surface area (Å²) in [7, 11) is 1.62. The maximum atomic E-state index is 13.2. The number of ether oxygens (including phenoxy) is 1. The van der Waals surface area contributed by atoms with E-state index in [0.717, 1.165) is 23.7 Å². The van der Waals surface area contributed by atoms with Crippen LogP contribution in [-0.2, 0) is 0 Å². The van der Waals surface area contributed by atoms with Crippen LogP contribution in [0.5, 0.6) is 5.75 Å². The summed E-state index contributed by atoms with van der Waals surface area (Å²) in [6, 6.07) is 4.70. The Morgan fingerprint density at radius 1 is 1.50 bits per heavy atom. The molecule has 1 aliphatic carbocycles. The molecule has 88 valence electrons. The van der Waals surface area contributed by atoms with Gasteiger partial charge in [0, 0.05) is 10.4 Å². The van der Waals surface area contributed by atoms with E-state index in [4.69, 9.17) is 4.74 Å². The second kappa shape index (κ2) is 5.17. The van der Waals surface area contributed by atoms with Crippen molar-refractivity contribution in [2.75, 3.05) is 7.11 Å². The Morgan fingerprint density at radius 2 is 2.25 bits per heavy atom. The van der Waals surface area contributed by atoms with E-state index in [1.165, 1.54) is 25.3 Å². The molecule has 0 bridgehead atoms. The Morgan fingerprint density at radius 3 is 2.81 bits per heavy atom. The van der Waals surface area contributed by atoms with E-state index in [1.54, 1.807) is 19.2 Å². The van der Waals surface area contributed by atoms with Gasteiger partial charge in [0.25, 0.3) is 0 Å². The van der Waals surface area contributed by atoms with Crippen molar-refractivity contribution in [3.63, 3.8) is 0 Å². The van der Waals surface area contributed by atoms with Gasteiger partial charge < -0.3 is 4.74 Å². The first-order chi connectivity index (χ1) is 7.70. The Bertz CT molecular complexity index is 363. The zero-order valence-electron chi connectivity index (χ0n) is 9.38. The van der Waals surface area contributed by atoms with Gasteiger partial charge in [0.1, 0.15) is 11.6 Å². The highest BCUT2D eigenvalue weighted by molar-refractivity contribution is 9.09. The van der Waals surface area contributed by atoms with E-state index in [2.05, 4.69) is 15.9 Å². The quantitative estimate of drug-likeness (QED) is 0.743. The lowest BCUT2D eigenvalue weighted by atomic mass is 9.81. The van der Waals surface area contributed by atoms with E-state index >= 15 is 0 Å². The predicted molar refractivity (Wildman–Crippen MR) is 66.6 cm³/mol. The highest BCUT2D eigenvalue weighted by Crippen LogP contribution is 2.41. The van der Waals surface area contributed by atoms with E-state index in [-0.39, 0.29) is 10.6 Å². The number of alkyl halides is 1. The molecule has 0 aliphatic heterocycles. The van der Waals surface area contributed by atoms with Crippen molar-refractivity contribution in [3.05, 3.63) is 29.6 Å². The van der Waals surface area contributed by atoms with Crippen LogP contribution in [0, 0.1) is 11.7 Å². The van der Waals surface area contributed by atoms with Gasteiger partial charge in [0.2, 0.25) is 0 Å². The second-order valence-corrected chi connectivity index (χ2v) is 5.49. The molecule has 0 spiro atoms. The summed E-state index contributed by atoms with van der Waals surface area (Å²) in [5.74, 6) is 1.36. The Labute approximate surface area is 104 Å². The molecule has 1 saturated carbocycles. The van der Waals surface area contributed by atoms with Crippen LogP contribution in [0.15, 0.2) is 18.2 Å². The van der Waals surface area contributed by atoms with Crippen LogP contribution in [0.2, 0.25) is 0 Å². The SMILES string of the molecule is COc1ccc(F)cc1C(Br)CC1CCC1. The van der Waals surface area contributed by atoms with Crippen molar-refractivity contribution < 1.29 is 9.13 Å². The molecule has 1 aromatic rings. The van der Waals surface area contributed by atoms with E-state index in [9.17, 15) is 4.39 Å². The molecule has 0 heterocycles. The third kappa shape index (κ3) is 2.57. The maximum Gasteiger partial charge on any atom is 0.123 e. The number of benzene rings is 1. The number of halogens is 2. The average molecular weight is 287 g/mol. The molecule has 1 fully saturated rings. The van der Waals surface area contributed by atoms with Crippen LogP contribution < -0.4 is 4.74 Å². The summed E-state index contributed by atoms with van der Waals surface area (Å²) in [6.45, 7) is 0. The zero-order chi connectivity index (χ0) is 11.5. The molecule has 1 aromatic carbocycles. The van der Waals surface area contributed by atoms with Crippen molar-refractivity contribution in [1.29, 1.82) is 0 Å². The van der Waals surface area contributed by atoms with Crippen LogP contribution in [-0.4, -0.2) is 7.11 Å². The molecule has 0 aromatic heterocycles. The molecular weight excluding hydrogens is 271 g/mol. The molecule has 16 heavy (non-hydrogen) atoms. The molecule has 1 unspecified atom stereocenters. The first kappa shape index (κ1) is 11.9. The van der Waals surface area contributed by atoms with Crippen LogP contribution in [0.1, 0.15) is 36.1 Å². The summed E-state index contributed by atoms with van der Waals surface area (Å²) < 4.78 is 18.5. The third-order valence-corrected chi connectivity index (χ3v) is 4.16. The fourth-order valence-electron chi connectivity index (χ4n) is 2.10. The van der Waals surface area contributed by atoms with Gasteiger partial charge in [-0.2, -0.15) is 0 Å². The molecule has 1 aliphatic rings. The summed E-state index contributed by atoms with van der Waals surface area (Å²) in [6.07, 6.45) is 5.02. The Hall–Kier alpha value is -0.570. The van der Waals surface area contributed by atoms with E-state index in [0.29, 0.717) is 0 Å². The molecular formula is C13H16BrFO. The van der Waals surface area contributed by atoms with Gasteiger partial charge in [0.05, 0.1) is 7.11 Å². The number of hydrogen-bond acceptors (Lipinski definition) is 1. The highest BCUT2D eigenvalue weighted by atomic mass is 79.9. The van der Waals surface area contributed by atoms with Crippen molar-refractivity contribution in [1.82, 2.24) is 0 Å². The molecule has 0 saturated heterocycles. The standard InChI is InChI=1S/C13H16BrFO/c1-16-13-6-5-10(15)8-11(13)12(14)7-9-3-2-4-9/h5-6,8-9,12H,2-4,7H2,1H3. The molecule has 3 heteroatoms. The summed E-state index contributed by atoms with van der Waals surface area (Å²) in [5, 5.41) is 0. The number of methoxy groups -OCH3 is 1. The second-order valence-electron chi connectivity index (χ2n) is 4.39. The van der Waals surface area contributed by atoms with Crippen molar-refractivity contribution in [2.45, 2.75) is 30.5 Å². The van der Waals surface area contributed by atoms with Gasteiger partial charge >= 0.3 is 0 Å². The highest BCUT2D eigenvalue weighted by Gasteiger charge is 2.23. The van der Waals surface area contributed by atoms with E-state index < -0.39 is 0 Å². The van der Waals surface area contributed by atoms with Crippen LogP contribution >= 0.6 is 15.9 Å². The fourth-order valence-corrected chi connectivity index (χ4v) is 2.98. The van der Waals surface area contributed by atoms with Gasteiger partial charge in [-0.3, -0.25) is 0 Å². The van der Waals surface area contributed by atoms with Crippen LogP contribution in [0.4, 0.5) is 4.39 Å². The first-order valence-corrected chi connectivity index (χ1v) is 6.59. The average Bonchev–Trinajstić information content (AvgIpc) is 2.23. The topological polar surface area (TPSA) is 9.23 Å². The predicted octanol–water partition coefficient (Wildman–Crippen LogP) is 4.46. The minimum Gasteiger partial charge on any atom is -0.496 e. The third-order valence-electron chi connectivity index (χ3n) is 3.29. The van der Waals surface area contributed by atoms with Crippen molar-refractivity contribution >= 4 is 15.9 Å². The lowest BCUT2D eigenvalue weighted by molar-refractivity contribution is 0.294. The van der Waals surface area contributed by atoms with Gasteiger partial charge in [-0.1, -0.05) is 35.2 Å². The fraction of sp³-hybridized carbons (Fsp3) is 0.538. The monoisotopic (exact) mass is 286 g/mol. The van der Waals surface area contributed by atoms with Crippen molar-refractivity contribution in [2.24, 2.45) is 5.92 Å². The van der Waals surface area contributed by atoms with Gasteiger partial charge in [0.15, 0.2) is 0 Å². The smallest absolute Gasteiger partial charge is 0.123 e. The first-order valence-electron chi connectivity index (χ1n) is 5.68. The van der Waals surface area contributed by atoms with Crippen molar-refractivity contribution in [3.8, 4) is 5.75 Å². The maximum absolute atomic E-state index is 13.2. The minimum atomic E-state index is -0.200. The molecule has 1 atom stereocenters. The summed E-state index contributed by atoms with van der Waals surface area (Å²) in [5.41, 5.74) is 0.925. The normalized spacial score (nSPS) is 17.9. The molecule has 0 radical (unpaired) electrons. The molecule has 2 rings (SSSR count). The molecule has 0 N–H and O–H groups in total. The largest absolute Gasteiger partial charge is 0.496 e. The van der Waals surface area contributed by atoms with Gasteiger partial charge in [-0.05, 0) is 30.5 Å². The van der Waals surface area contributed by atoms with Gasteiger partial charge in [-0.25, -0.2) is 4.39 Å². The lowest BCUT2D eigenvalue weighted by Crippen LogP contribution is -2.13. The Balaban J connectivity index is 2.13. The number of hydrogen-bond donors (Lipinski definition) is 0. The van der Waals surface area contributed by atoms with E-state index in [1.807, 2.05) is 0 Å². The van der Waals surface area contributed by atoms with Gasteiger partial charge in [-0.15, -0.1) is 0 Å².